The molecule has 0 saturated carbocycles. The molecule has 2 unspecified atom stereocenters. The maximum absolute atomic E-state index is 3.81. The average molecular weight is 274 g/mol. The van der Waals surface area contributed by atoms with Crippen molar-refractivity contribution in [3.05, 3.63) is 35.9 Å². The molecule has 1 aromatic carbocycles. The molecule has 1 aliphatic rings. The van der Waals surface area contributed by atoms with Crippen LogP contribution in [0.2, 0.25) is 0 Å². The van der Waals surface area contributed by atoms with Crippen molar-refractivity contribution in [3.63, 3.8) is 0 Å². The molecule has 1 fully saturated rings. The third-order valence-electron chi connectivity index (χ3n) is 4.48. The Bertz CT molecular complexity index is 374. The SMILES string of the molecule is CCCC(NCC1CCN(C(C)C)C1)c1ccccc1. The normalized spacial score (nSPS) is 21.5. The Morgan fingerprint density at radius 2 is 2.00 bits per heavy atom. The number of rotatable bonds is 7. The smallest absolute Gasteiger partial charge is 0.0320 e. The molecule has 1 heterocycles. The van der Waals surface area contributed by atoms with Gasteiger partial charge in [0.15, 0.2) is 0 Å². The van der Waals surface area contributed by atoms with Crippen molar-refractivity contribution in [2.75, 3.05) is 19.6 Å². The van der Waals surface area contributed by atoms with Crippen LogP contribution in [0.5, 0.6) is 0 Å². The predicted octanol–water partition coefficient (Wildman–Crippen LogP) is 3.85. The molecule has 0 spiro atoms. The van der Waals surface area contributed by atoms with Gasteiger partial charge >= 0.3 is 0 Å². The van der Waals surface area contributed by atoms with Crippen LogP contribution in [0.15, 0.2) is 30.3 Å². The van der Waals surface area contributed by atoms with Crippen LogP contribution in [0.4, 0.5) is 0 Å². The molecule has 112 valence electrons. The first kappa shape index (κ1) is 15.5. The predicted molar refractivity (Wildman–Crippen MR) is 86.9 cm³/mol. The second-order valence-corrected chi connectivity index (χ2v) is 6.40. The highest BCUT2D eigenvalue weighted by molar-refractivity contribution is 5.18. The maximum Gasteiger partial charge on any atom is 0.0320 e. The van der Waals surface area contributed by atoms with Gasteiger partial charge in [0, 0.05) is 18.6 Å². The fraction of sp³-hybridized carbons (Fsp3) is 0.667. The van der Waals surface area contributed by atoms with Crippen molar-refractivity contribution in [2.24, 2.45) is 5.92 Å². The summed E-state index contributed by atoms with van der Waals surface area (Å²) >= 11 is 0. The van der Waals surface area contributed by atoms with E-state index >= 15 is 0 Å². The molecule has 20 heavy (non-hydrogen) atoms. The minimum atomic E-state index is 0.522. The summed E-state index contributed by atoms with van der Waals surface area (Å²) in [6.07, 6.45) is 3.80. The van der Waals surface area contributed by atoms with Gasteiger partial charge in [0.25, 0.3) is 0 Å². The van der Waals surface area contributed by atoms with Gasteiger partial charge in [0.05, 0.1) is 0 Å². The lowest BCUT2D eigenvalue weighted by atomic mass is 10.0. The Hall–Kier alpha value is -0.860. The van der Waals surface area contributed by atoms with Crippen molar-refractivity contribution in [1.29, 1.82) is 0 Å². The van der Waals surface area contributed by atoms with Crippen LogP contribution in [-0.2, 0) is 0 Å². The summed E-state index contributed by atoms with van der Waals surface area (Å²) in [7, 11) is 0. The molecule has 1 N–H and O–H groups in total. The zero-order valence-electron chi connectivity index (χ0n) is 13.3. The first-order valence-corrected chi connectivity index (χ1v) is 8.23. The van der Waals surface area contributed by atoms with E-state index in [0.29, 0.717) is 12.1 Å². The van der Waals surface area contributed by atoms with Gasteiger partial charge in [0.1, 0.15) is 0 Å². The molecule has 2 heteroatoms. The van der Waals surface area contributed by atoms with E-state index in [4.69, 9.17) is 0 Å². The van der Waals surface area contributed by atoms with E-state index in [-0.39, 0.29) is 0 Å². The maximum atomic E-state index is 3.81. The Balaban J connectivity index is 1.84. The topological polar surface area (TPSA) is 15.3 Å². The fourth-order valence-electron chi connectivity index (χ4n) is 3.17. The highest BCUT2D eigenvalue weighted by Gasteiger charge is 2.24. The van der Waals surface area contributed by atoms with Crippen LogP contribution in [0.3, 0.4) is 0 Å². The molecule has 0 aromatic heterocycles. The lowest BCUT2D eigenvalue weighted by molar-refractivity contribution is 0.262. The quantitative estimate of drug-likeness (QED) is 0.812. The summed E-state index contributed by atoms with van der Waals surface area (Å²) < 4.78 is 0. The van der Waals surface area contributed by atoms with Crippen molar-refractivity contribution >= 4 is 0 Å². The van der Waals surface area contributed by atoms with Crippen LogP contribution < -0.4 is 5.32 Å². The summed E-state index contributed by atoms with van der Waals surface area (Å²) in [5.74, 6) is 0.820. The third kappa shape index (κ3) is 4.32. The highest BCUT2D eigenvalue weighted by atomic mass is 15.2. The summed E-state index contributed by atoms with van der Waals surface area (Å²) in [6.45, 7) is 10.6. The molecule has 1 aliphatic heterocycles. The van der Waals surface area contributed by atoms with Gasteiger partial charge in [-0.2, -0.15) is 0 Å². The lowest BCUT2D eigenvalue weighted by Gasteiger charge is -2.23. The molecular formula is C18H30N2. The van der Waals surface area contributed by atoms with Gasteiger partial charge in [-0.25, -0.2) is 0 Å². The Morgan fingerprint density at radius 3 is 2.60 bits per heavy atom. The minimum absolute atomic E-state index is 0.522. The first-order valence-electron chi connectivity index (χ1n) is 8.23. The zero-order valence-corrected chi connectivity index (χ0v) is 13.3. The summed E-state index contributed by atoms with van der Waals surface area (Å²) in [6, 6.07) is 12.1. The molecule has 2 nitrogen and oxygen atoms in total. The van der Waals surface area contributed by atoms with Crippen LogP contribution in [0.1, 0.15) is 51.6 Å². The number of hydrogen-bond donors (Lipinski definition) is 1. The summed E-state index contributed by atoms with van der Waals surface area (Å²) in [5, 5.41) is 3.81. The number of hydrogen-bond acceptors (Lipinski definition) is 2. The lowest BCUT2D eigenvalue weighted by Crippen LogP contribution is -2.32. The Kier molecular flexibility index (Phi) is 6.06. The van der Waals surface area contributed by atoms with Gasteiger partial charge < -0.3 is 10.2 Å². The molecule has 2 rings (SSSR count). The van der Waals surface area contributed by atoms with E-state index in [1.54, 1.807) is 0 Å². The summed E-state index contributed by atoms with van der Waals surface area (Å²) in [4.78, 5) is 2.60. The van der Waals surface area contributed by atoms with Crippen molar-refractivity contribution in [2.45, 2.75) is 52.1 Å². The Labute approximate surface area is 124 Å². The molecule has 2 atom stereocenters. The second kappa shape index (κ2) is 7.80. The van der Waals surface area contributed by atoms with Gasteiger partial charge in [-0.3, -0.25) is 0 Å². The van der Waals surface area contributed by atoms with Crippen molar-refractivity contribution in [3.8, 4) is 0 Å². The van der Waals surface area contributed by atoms with Crippen molar-refractivity contribution in [1.82, 2.24) is 10.2 Å². The Morgan fingerprint density at radius 1 is 1.25 bits per heavy atom. The van der Waals surface area contributed by atoms with Crippen LogP contribution in [0, 0.1) is 5.92 Å². The minimum Gasteiger partial charge on any atom is -0.310 e. The summed E-state index contributed by atoms with van der Waals surface area (Å²) in [5.41, 5.74) is 1.44. The van der Waals surface area contributed by atoms with Gasteiger partial charge in [-0.15, -0.1) is 0 Å². The molecular weight excluding hydrogens is 244 g/mol. The molecule has 0 aliphatic carbocycles. The van der Waals surface area contributed by atoms with E-state index in [1.165, 1.54) is 37.9 Å². The largest absolute Gasteiger partial charge is 0.310 e. The van der Waals surface area contributed by atoms with E-state index in [0.717, 1.165) is 12.5 Å². The monoisotopic (exact) mass is 274 g/mol. The highest BCUT2D eigenvalue weighted by Crippen LogP contribution is 2.21. The zero-order chi connectivity index (χ0) is 14.4. The van der Waals surface area contributed by atoms with Gasteiger partial charge in [-0.05, 0) is 51.3 Å². The van der Waals surface area contributed by atoms with E-state index < -0.39 is 0 Å². The van der Waals surface area contributed by atoms with Crippen LogP contribution >= 0.6 is 0 Å². The molecule has 0 bridgehead atoms. The van der Waals surface area contributed by atoms with E-state index in [9.17, 15) is 0 Å². The third-order valence-corrected chi connectivity index (χ3v) is 4.48. The van der Waals surface area contributed by atoms with Gasteiger partial charge in [0.2, 0.25) is 0 Å². The number of benzene rings is 1. The molecule has 0 radical (unpaired) electrons. The molecule has 1 aromatic rings. The fourth-order valence-corrected chi connectivity index (χ4v) is 3.17. The number of likely N-dealkylation sites (tertiary alicyclic amines) is 1. The van der Waals surface area contributed by atoms with Crippen LogP contribution in [0.25, 0.3) is 0 Å². The van der Waals surface area contributed by atoms with Gasteiger partial charge in [-0.1, -0.05) is 43.7 Å². The standard InChI is InChI=1S/C18H30N2/c1-4-8-18(17-9-6-5-7-10-17)19-13-16-11-12-20(14-16)15(2)3/h5-7,9-10,15-16,18-19H,4,8,11-14H2,1-3H3. The first-order chi connectivity index (χ1) is 9.70. The van der Waals surface area contributed by atoms with Crippen molar-refractivity contribution < 1.29 is 0 Å². The van der Waals surface area contributed by atoms with E-state index in [1.807, 2.05) is 0 Å². The van der Waals surface area contributed by atoms with E-state index in [2.05, 4.69) is 61.3 Å². The number of nitrogens with one attached hydrogen (secondary N) is 1. The number of nitrogens with zero attached hydrogens (tertiary/aromatic N) is 1. The van der Waals surface area contributed by atoms with Crippen LogP contribution in [-0.4, -0.2) is 30.6 Å². The second-order valence-electron chi connectivity index (χ2n) is 6.40. The average Bonchev–Trinajstić information content (AvgIpc) is 2.93. The molecule has 1 saturated heterocycles. The molecule has 0 amide bonds.